The molecule has 0 spiro atoms. The lowest BCUT2D eigenvalue weighted by Crippen LogP contribution is -1.97. The lowest BCUT2D eigenvalue weighted by atomic mass is 9.94. The lowest BCUT2D eigenvalue weighted by Gasteiger charge is -2.14. The number of aromatic nitrogens is 4. The highest BCUT2D eigenvalue weighted by Gasteiger charge is 2.16. The second-order valence-electron chi connectivity index (χ2n) is 11.9. The van der Waals surface area contributed by atoms with Gasteiger partial charge in [0, 0.05) is 39.0 Å². The maximum absolute atomic E-state index is 5.24. The van der Waals surface area contributed by atoms with E-state index < -0.39 is 0 Å². The number of fused-ring (bicyclic) bond motifs is 5. The van der Waals surface area contributed by atoms with Crippen molar-refractivity contribution in [2.45, 2.75) is 0 Å². The summed E-state index contributed by atoms with van der Waals surface area (Å²) in [5.41, 5.74) is 9.60. The molecule has 9 rings (SSSR count). The third-order valence-electron chi connectivity index (χ3n) is 8.93. The Bertz CT molecular complexity index is 2580. The van der Waals surface area contributed by atoms with E-state index in [4.69, 9.17) is 15.0 Å². The zero-order chi connectivity index (χ0) is 31.9. The number of benzene rings is 6. The van der Waals surface area contributed by atoms with Crippen molar-refractivity contribution in [2.75, 3.05) is 0 Å². The maximum atomic E-state index is 5.24. The smallest absolute Gasteiger partial charge is 0.160 e. The van der Waals surface area contributed by atoms with Gasteiger partial charge in [-0.05, 0) is 52.2 Å². The van der Waals surface area contributed by atoms with Crippen molar-refractivity contribution in [1.29, 1.82) is 0 Å². The molecule has 0 amide bonds. The molecule has 0 aliphatic rings. The number of pyridine rings is 2. The summed E-state index contributed by atoms with van der Waals surface area (Å²) in [6.45, 7) is 0. The summed E-state index contributed by atoms with van der Waals surface area (Å²) < 4.78 is 0. The normalized spacial score (nSPS) is 11.3. The van der Waals surface area contributed by atoms with Crippen LogP contribution in [0.3, 0.4) is 0 Å². The average Bonchev–Trinajstić information content (AvgIpc) is 3.18. The second kappa shape index (κ2) is 11.7. The summed E-state index contributed by atoms with van der Waals surface area (Å²) in [6.07, 6.45) is 1.80. The van der Waals surface area contributed by atoms with Crippen LogP contribution in [0.1, 0.15) is 0 Å². The van der Waals surface area contributed by atoms with E-state index in [1.165, 1.54) is 21.7 Å². The lowest BCUT2D eigenvalue weighted by molar-refractivity contribution is 1.16. The Labute approximate surface area is 278 Å². The van der Waals surface area contributed by atoms with Gasteiger partial charge in [0.25, 0.3) is 0 Å². The van der Waals surface area contributed by atoms with Gasteiger partial charge in [-0.2, -0.15) is 0 Å². The standard InChI is InChI=1S/C44H28N4/c1-2-11-29(12-3-1)30-20-22-32(23-21-30)44-47-40(28-41(48-44)39-19-8-9-26-45-39)33-14-10-15-34(27-33)43-37-25-24-31-13-4-5-16-35(31)42(37)36-17-6-7-18-38(36)46-43/h1-28H. The molecule has 0 saturated carbocycles. The molecule has 9 aromatic rings. The molecule has 4 heteroatoms. The third kappa shape index (κ3) is 4.97. The highest BCUT2D eigenvalue weighted by atomic mass is 14.9. The van der Waals surface area contributed by atoms with Gasteiger partial charge in [0.05, 0.1) is 28.3 Å². The molecule has 0 N–H and O–H groups in total. The van der Waals surface area contributed by atoms with Crippen LogP contribution in [-0.4, -0.2) is 19.9 Å². The SMILES string of the molecule is c1ccc(-c2ccc(-c3nc(-c4cccc(-c5nc6ccccc6c6c5ccc5ccccc56)c4)cc(-c4ccccn4)n3)cc2)cc1. The Morgan fingerprint density at radius 2 is 1.04 bits per heavy atom. The van der Waals surface area contributed by atoms with Crippen LogP contribution >= 0.6 is 0 Å². The molecular formula is C44H28N4. The first kappa shape index (κ1) is 27.8. The fraction of sp³-hybridized carbons (Fsp3) is 0. The molecule has 0 bridgehead atoms. The number of nitrogens with zero attached hydrogens (tertiary/aromatic N) is 4. The van der Waals surface area contributed by atoms with E-state index in [1.807, 2.05) is 30.3 Å². The van der Waals surface area contributed by atoms with Crippen molar-refractivity contribution >= 4 is 32.4 Å². The van der Waals surface area contributed by atoms with Crippen LogP contribution in [0.5, 0.6) is 0 Å². The molecule has 48 heavy (non-hydrogen) atoms. The monoisotopic (exact) mass is 612 g/mol. The van der Waals surface area contributed by atoms with E-state index in [-0.39, 0.29) is 0 Å². The van der Waals surface area contributed by atoms with E-state index in [2.05, 4.69) is 138 Å². The molecule has 6 aromatic carbocycles. The molecule has 0 aliphatic heterocycles. The Kier molecular flexibility index (Phi) is 6.76. The fourth-order valence-electron chi connectivity index (χ4n) is 6.58. The van der Waals surface area contributed by atoms with Crippen molar-refractivity contribution in [2.24, 2.45) is 0 Å². The van der Waals surface area contributed by atoms with Crippen LogP contribution in [0.25, 0.3) is 88.9 Å². The van der Waals surface area contributed by atoms with Gasteiger partial charge in [-0.25, -0.2) is 15.0 Å². The molecule has 3 heterocycles. The van der Waals surface area contributed by atoms with Gasteiger partial charge in [0.2, 0.25) is 0 Å². The summed E-state index contributed by atoms with van der Waals surface area (Å²) >= 11 is 0. The highest BCUT2D eigenvalue weighted by Crippen LogP contribution is 2.38. The van der Waals surface area contributed by atoms with Crippen molar-refractivity contribution < 1.29 is 0 Å². The van der Waals surface area contributed by atoms with Gasteiger partial charge in [-0.1, -0.05) is 133 Å². The summed E-state index contributed by atoms with van der Waals surface area (Å²) in [5, 5.41) is 5.95. The van der Waals surface area contributed by atoms with Crippen LogP contribution in [-0.2, 0) is 0 Å². The number of rotatable bonds is 5. The van der Waals surface area contributed by atoms with Crippen LogP contribution in [0, 0.1) is 0 Å². The van der Waals surface area contributed by atoms with Gasteiger partial charge in [-0.3, -0.25) is 4.98 Å². The van der Waals surface area contributed by atoms with Crippen LogP contribution in [0.15, 0.2) is 170 Å². The summed E-state index contributed by atoms with van der Waals surface area (Å²) in [5.74, 6) is 0.652. The molecule has 224 valence electrons. The molecule has 0 aliphatic carbocycles. The molecule has 3 aromatic heterocycles. The van der Waals surface area contributed by atoms with Crippen molar-refractivity contribution in [3.8, 4) is 56.4 Å². The van der Waals surface area contributed by atoms with E-state index in [9.17, 15) is 0 Å². The number of hydrogen-bond donors (Lipinski definition) is 0. The Morgan fingerprint density at radius 1 is 0.354 bits per heavy atom. The maximum Gasteiger partial charge on any atom is 0.160 e. The van der Waals surface area contributed by atoms with Crippen LogP contribution in [0.4, 0.5) is 0 Å². The van der Waals surface area contributed by atoms with Gasteiger partial charge in [0.15, 0.2) is 5.82 Å². The van der Waals surface area contributed by atoms with Gasteiger partial charge >= 0.3 is 0 Å². The number of hydrogen-bond acceptors (Lipinski definition) is 4. The van der Waals surface area contributed by atoms with Gasteiger partial charge in [-0.15, -0.1) is 0 Å². The largest absolute Gasteiger partial charge is 0.255 e. The molecule has 0 fully saturated rings. The fourth-order valence-corrected chi connectivity index (χ4v) is 6.58. The summed E-state index contributed by atoms with van der Waals surface area (Å²) in [4.78, 5) is 20.0. The first-order valence-corrected chi connectivity index (χ1v) is 16.1. The molecule has 0 atom stereocenters. The Hall–Kier alpha value is -6.52. The topological polar surface area (TPSA) is 51.6 Å². The molecule has 0 saturated heterocycles. The van der Waals surface area contributed by atoms with Crippen molar-refractivity contribution in [1.82, 2.24) is 19.9 Å². The quantitative estimate of drug-likeness (QED) is 0.181. The van der Waals surface area contributed by atoms with E-state index in [0.29, 0.717) is 5.82 Å². The minimum atomic E-state index is 0.652. The highest BCUT2D eigenvalue weighted by molar-refractivity contribution is 6.22. The Balaban J connectivity index is 1.21. The second-order valence-corrected chi connectivity index (χ2v) is 11.9. The molecule has 4 nitrogen and oxygen atoms in total. The third-order valence-corrected chi connectivity index (χ3v) is 8.93. The minimum Gasteiger partial charge on any atom is -0.255 e. The van der Waals surface area contributed by atoms with Gasteiger partial charge in [0.1, 0.15) is 0 Å². The first-order valence-electron chi connectivity index (χ1n) is 16.1. The molecule has 0 unspecified atom stereocenters. The summed E-state index contributed by atoms with van der Waals surface area (Å²) in [7, 11) is 0. The predicted molar refractivity (Wildman–Crippen MR) is 197 cm³/mol. The van der Waals surface area contributed by atoms with E-state index in [1.54, 1.807) is 6.20 Å². The van der Waals surface area contributed by atoms with Crippen molar-refractivity contribution in [3.05, 3.63) is 170 Å². The average molecular weight is 613 g/mol. The summed E-state index contributed by atoms with van der Waals surface area (Å²) in [6, 6.07) is 56.7. The Morgan fingerprint density at radius 3 is 1.90 bits per heavy atom. The molecular weight excluding hydrogens is 585 g/mol. The van der Waals surface area contributed by atoms with Crippen LogP contribution < -0.4 is 0 Å². The zero-order valence-electron chi connectivity index (χ0n) is 26.0. The minimum absolute atomic E-state index is 0.652. The van der Waals surface area contributed by atoms with E-state index in [0.717, 1.165) is 61.3 Å². The van der Waals surface area contributed by atoms with Crippen LogP contribution in [0.2, 0.25) is 0 Å². The van der Waals surface area contributed by atoms with Gasteiger partial charge < -0.3 is 0 Å². The van der Waals surface area contributed by atoms with Crippen molar-refractivity contribution in [3.63, 3.8) is 0 Å². The molecule has 0 radical (unpaired) electrons. The number of para-hydroxylation sites is 1. The zero-order valence-corrected chi connectivity index (χ0v) is 26.0. The van der Waals surface area contributed by atoms with E-state index >= 15 is 0 Å². The first-order chi connectivity index (χ1) is 23.8. The predicted octanol–water partition coefficient (Wildman–Crippen LogP) is 11.1.